The van der Waals surface area contributed by atoms with E-state index >= 15 is 0 Å². The molecule has 3 rings (SSSR count). The summed E-state index contributed by atoms with van der Waals surface area (Å²) in [4.78, 5) is 19.3. The predicted molar refractivity (Wildman–Crippen MR) is 102 cm³/mol. The van der Waals surface area contributed by atoms with Crippen molar-refractivity contribution >= 4 is 17.3 Å². The zero-order valence-corrected chi connectivity index (χ0v) is 15.4. The minimum Gasteiger partial charge on any atom is -0.354 e. The van der Waals surface area contributed by atoms with Crippen LogP contribution in [-0.2, 0) is 0 Å². The fraction of sp³-hybridized carbons (Fsp3) is 0.429. The minimum atomic E-state index is 0.101. The van der Waals surface area contributed by atoms with Crippen LogP contribution < -0.4 is 5.32 Å². The van der Waals surface area contributed by atoms with Crippen molar-refractivity contribution in [3.63, 3.8) is 0 Å². The van der Waals surface area contributed by atoms with Gasteiger partial charge < -0.3 is 10.2 Å². The molecular weight excluding hydrogens is 310 g/mol. The second-order valence-electron chi connectivity index (χ2n) is 6.96. The maximum absolute atomic E-state index is 13.0. The van der Waals surface area contributed by atoms with Crippen LogP contribution in [0.2, 0.25) is 0 Å². The van der Waals surface area contributed by atoms with Crippen molar-refractivity contribution in [2.24, 2.45) is 0 Å². The molecule has 1 unspecified atom stereocenters. The molecule has 1 amide bonds. The van der Waals surface area contributed by atoms with E-state index in [-0.39, 0.29) is 5.91 Å². The molecule has 1 aromatic carbocycles. The third kappa shape index (κ3) is 4.01. The fourth-order valence-corrected chi connectivity index (χ4v) is 3.51. The van der Waals surface area contributed by atoms with Crippen molar-refractivity contribution in [2.45, 2.75) is 52.5 Å². The Kier molecular flexibility index (Phi) is 5.37. The Morgan fingerprint density at radius 3 is 2.88 bits per heavy atom. The fourth-order valence-electron chi connectivity index (χ4n) is 3.51. The first-order chi connectivity index (χ1) is 12.1. The Hall–Kier alpha value is -2.36. The maximum atomic E-state index is 13.0. The lowest BCUT2D eigenvalue weighted by Gasteiger charge is -2.35. The number of carbonyl (C=O) groups excluding carboxylic acids is 1. The van der Waals surface area contributed by atoms with E-state index in [4.69, 9.17) is 0 Å². The summed E-state index contributed by atoms with van der Waals surface area (Å²) in [6.45, 7) is 7.16. The van der Waals surface area contributed by atoms with E-state index in [1.165, 1.54) is 17.5 Å². The van der Waals surface area contributed by atoms with Gasteiger partial charge in [0, 0.05) is 24.5 Å². The number of nitrogens with one attached hydrogen (secondary N) is 1. The van der Waals surface area contributed by atoms with Crippen molar-refractivity contribution in [3.05, 3.63) is 53.3 Å². The molecule has 2 aromatic rings. The van der Waals surface area contributed by atoms with Gasteiger partial charge in [0.1, 0.15) is 0 Å². The zero-order valence-electron chi connectivity index (χ0n) is 15.4. The summed E-state index contributed by atoms with van der Waals surface area (Å²) in [6, 6.07) is 8.58. The molecule has 1 aliphatic heterocycles. The topological polar surface area (TPSA) is 45.2 Å². The highest BCUT2D eigenvalue weighted by atomic mass is 16.2. The van der Waals surface area contributed by atoms with Crippen LogP contribution in [0.25, 0.3) is 0 Å². The number of carbonyl (C=O) groups is 1. The second kappa shape index (κ2) is 7.68. The second-order valence-corrected chi connectivity index (χ2v) is 6.96. The molecule has 1 atom stereocenters. The molecule has 0 radical (unpaired) electrons. The van der Waals surface area contributed by atoms with Crippen molar-refractivity contribution in [1.82, 2.24) is 9.88 Å². The van der Waals surface area contributed by atoms with Gasteiger partial charge in [0.2, 0.25) is 0 Å². The van der Waals surface area contributed by atoms with E-state index in [1.807, 2.05) is 11.0 Å². The number of rotatable bonds is 4. The highest BCUT2D eigenvalue weighted by Gasteiger charge is 2.26. The van der Waals surface area contributed by atoms with Gasteiger partial charge in [0.15, 0.2) is 0 Å². The number of aromatic nitrogens is 1. The molecule has 1 aromatic heterocycles. The summed E-state index contributed by atoms with van der Waals surface area (Å²) in [5.41, 5.74) is 4.94. The largest absolute Gasteiger partial charge is 0.354 e. The molecule has 4 nitrogen and oxygen atoms in total. The standard InChI is InChI=1S/C21H27N3O/c1-4-19-7-5-6-10-24(19)21(25)17-12-18(14-22-13-17)23-20-11-15(2)8-9-16(20)3/h8-9,11-14,19,23H,4-7,10H2,1-3H3. The molecule has 0 saturated carbocycles. The number of benzene rings is 1. The van der Waals surface area contributed by atoms with Gasteiger partial charge in [-0.2, -0.15) is 0 Å². The van der Waals surface area contributed by atoms with E-state index in [0.717, 1.165) is 37.2 Å². The molecule has 0 bridgehead atoms. The summed E-state index contributed by atoms with van der Waals surface area (Å²) >= 11 is 0. The van der Waals surface area contributed by atoms with E-state index < -0.39 is 0 Å². The number of nitrogens with zero attached hydrogens (tertiary/aromatic N) is 2. The first-order valence-electron chi connectivity index (χ1n) is 9.18. The third-order valence-electron chi connectivity index (χ3n) is 5.02. The number of hydrogen-bond acceptors (Lipinski definition) is 3. The van der Waals surface area contributed by atoms with Crippen LogP contribution in [0.15, 0.2) is 36.7 Å². The van der Waals surface area contributed by atoms with Gasteiger partial charge in [-0.15, -0.1) is 0 Å². The van der Waals surface area contributed by atoms with Crippen molar-refractivity contribution in [1.29, 1.82) is 0 Å². The van der Waals surface area contributed by atoms with Crippen molar-refractivity contribution < 1.29 is 4.79 Å². The lowest BCUT2D eigenvalue weighted by atomic mass is 9.99. The van der Waals surface area contributed by atoms with Gasteiger partial charge in [-0.1, -0.05) is 19.1 Å². The van der Waals surface area contributed by atoms with Gasteiger partial charge in [0.05, 0.1) is 17.4 Å². The highest BCUT2D eigenvalue weighted by Crippen LogP contribution is 2.24. The van der Waals surface area contributed by atoms with E-state index in [0.29, 0.717) is 11.6 Å². The van der Waals surface area contributed by atoms with Crippen LogP contribution in [0.3, 0.4) is 0 Å². The first kappa shape index (κ1) is 17.5. The average molecular weight is 337 g/mol. The van der Waals surface area contributed by atoms with Crippen LogP contribution in [0, 0.1) is 13.8 Å². The number of likely N-dealkylation sites (tertiary alicyclic amines) is 1. The van der Waals surface area contributed by atoms with Crippen LogP contribution in [0.4, 0.5) is 11.4 Å². The molecule has 25 heavy (non-hydrogen) atoms. The van der Waals surface area contributed by atoms with E-state index in [2.05, 4.69) is 49.3 Å². The van der Waals surface area contributed by atoms with E-state index in [9.17, 15) is 4.79 Å². The lowest BCUT2D eigenvalue weighted by molar-refractivity contribution is 0.0607. The molecule has 1 N–H and O–H groups in total. The number of hydrogen-bond donors (Lipinski definition) is 1. The normalized spacial score (nSPS) is 17.4. The van der Waals surface area contributed by atoms with Gasteiger partial charge in [-0.05, 0) is 62.8 Å². The van der Waals surface area contributed by atoms with Crippen molar-refractivity contribution in [2.75, 3.05) is 11.9 Å². The molecule has 2 heterocycles. The molecule has 1 fully saturated rings. The Labute approximate surface area is 150 Å². The van der Waals surface area contributed by atoms with E-state index in [1.54, 1.807) is 12.4 Å². The Bertz CT molecular complexity index is 757. The Morgan fingerprint density at radius 1 is 1.24 bits per heavy atom. The van der Waals surface area contributed by atoms with Crippen LogP contribution >= 0.6 is 0 Å². The summed E-state index contributed by atoms with van der Waals surface area (Å²) in [6.07, 6.45) is 7.88. The number of anilines is 2. The Morgan fingerprint density at radius 2 is 2.08 bits per heavy atom. The first-order valence-corrected chi connectivity index (χ1v) is 9.18. The lowest BCUT2D eigenvalue weighted by Crippen LogP contribution is -2.43. The molecule has 0 spiro atoms. The molecule has 0 aliphatic carbocycles. The number of pyridine rings is 1. The monoisotopic (exact) mass is 337 g/mol. The molecular formula is C21H27N3O. The van der Waals surface area contributed by atoms with Crippen molar-refractivity contribution in [3.8, 4) is 0 Å². The average Bonchev–Trinajstić information content (AvgIpc) is 2.64. The Balaban J connectivity index is 1.81. The quantitative estimate of drug-likeness (QED) is 0.867. The zero-order chi connectivity index (χ0) is 17.8. The van der Waals surface area contributed by atoms with Crippen LogP contribution in [0.1, 0.15) is 54.1 Å². The SMILES string of the molecule is CCC1CCCCN1C(=O)c1cncc(Nc2cc(C)ccc2C)c1. The smallest absolute Gasteiger partial charge is 0.255 e. The highest BCUT2D eigenvalue weighted by molar-refractivity contribution is 5.95. The molecule has 1 aliphatic rings. The van der Waals surface area contributed by atoms with Gasteiger partial charge in [0.25, 0.3) is 5.91 Å². The predicted octanol–water partition coefficient (Wildman–Crippen LogP) is 4.85. The number of piperidine rings is 1. The minimum absolute atomic E-state index is 0.101. The molecule has 1 saturated heterocycles. The molecule has 4 heteroatoms. The number of amides is 1. The van der Waals surface area contributed by atoms with Gasteiger partial charge in [-0.3, -0.25) is 9.78 Å². The van der Waals surface area contributed by atoms with Crippen LogP contribution in [-0.4, -0.2) is 28.4 Å². The van der Waals surface area contributed by atoms with Crippen LogP contribution in [0.5, 0.6) is 0 Å². The summed E-state index contributed by atoms with van der Waals surface area (Å²) in [5.74, 6) is 0.101. The van der Waals surface area contributed by atoms with Gasteiger partial charge >= 0.3 is 0 Å². The maximum Gasteiger partial charge on any atom is 0.255 e. The molecule has 132 valence electrons. The third-order valence-corrected chi connectivity index (χ3v) is 5.02. The summed E-state index contributed by atoms with van der Waals surface area (Å²) in [5, 5.41) is 3.40. The summed E-state index contributed by atoms with van der Waals surface area (Å²) < 4.78 is 0. The van der Waals surface area contributed by atoms with Gasteiger partial charge in [-0.25, -0.2) is 0 Å². The number of aryl methyl sites for hydroxylation is 2. The summed E-state index contributed by atoms with van der Waals surface area (Å²) in [7, 11) is 0.